The Morgan fingerprint density at radius 3 is 2.61 bits per heavy atom. The van der Waals surface area contributed by atoms with Crippen LogP contribution in [0.2, 0.25) is 0 Å². The maximum absolute atomic E-state index is 5.65. The van der Waals surface area contributed by atoms with E-state index in [9.17, 15) is 0 Å². The second-order valence-corrected chi connectivity index (χ2v) is 4.99. The maximum Gasteiger partial charge on any atom is 0.142 e. The van der Waals surface area contributed by atoms with Crippen molar-refractivity contribution in [3.63, 3.8) is 0 Å². The largest absolute Gasteiger partial charge is 0.495 e. The van der Waals surface area contributed by atoms with Crippen LogP contribution in [0, 0.1) is 3.57 Å². The van der Waals surface area contributed by atoms with E-state index in [0.29, 0.717) is 0 Å². The molecule has 0 spiro atoms. The molecule has 4 nitrogen and oxygen atoms in total. The van der Waals surface area contributed by atoms with Crippen LogP contribution in [0.4, 0.5) is 0 Å². The zero-order valence-corrected chi connectivity index (χ0v) is 12.1. The molecule has 0 aliphatic heterocycles. The summed E-state index contributed by atoms with van der Waals surface area (Å²) in [4.78, 5) is 4.35. The van der Waals surface area contributed by atoms with Crippen molar-refractivity contribution in [2.24, 2.45) is 5.84 Å². The number of nitrogens with one attached hydrogen (secondary N) is 1. The predicted octanol–water partition coefficient (Wildman–Crippen LogP) is 2.25. The number of aromatic nitrogens is 1. The first-order valence-electron chi connectivity index (χ1n) is 5.46. The van der Waals surface area contributed by atoms with Gasteiger partial charge in [-0.05, 0) is 52.4 Å². The smallest absolute Gasteiger partial charge is 0.142 e. The molecule has 0 aliphatic rings. The molecule has 5 heteroatoms. The lowest BCUT2D eigenvalue weighted by molar-refractivity contribution is 0.400. The predicted molar refractivity (Wildman–Crippen MR) is 79.1 cm³/mol. The lowest BCUT2D eigenvalue weighted by Gasteiger charge is -2.18. The number of nitrogens with zero attached hydrogens (tertiary/aromatic N) is 1. The first kappa shape index (κ1) is 13.3. The van der Waals surface area contributed by atoms with Crippen LogP contribution in [0.3, 0.4) is 0 Å². The van der Waals surface area contributed by atoms with Gasteiger partial charge >= 0.3 is 0 Å². The van der Waals surface area contributed by atoms with E-state index in [2.05, 4.69) is 33.0 Å². The van der Waals surface area contributed by atoms with Gasteiger partial charge in [0, 0.05) is 9.77 Å². The highest BCUT2D eigenvalue weighted by molar-refractivity contribution is 14.1. The number of hydrogen-bond acceptors (Lipinski definition) is 4. The molecule has 2 aromatic rings. The number of methoxy groups -OCH3 is 1. The second-order valence-electron chi connectivity index (χ2n) is 3.74. The van der Waals surface area contributed by atoms with Crippen LogP contribution in [0.5, 0.6) is 5.75 Å². The summed E-state index contributed by atoms with van der Waals surface area (Å²) in [5.74, 6) is 6.37. The molecule has 94 valence electrons. The number of hydrogen-bond donors (Lipinski definition) is 2. The van der Waals surface area contributed by atoms with Crippen LogP contribution in [0.1, 0.15) is 17.3 Å². The van der Waals surface area contributed by atoms with Gasteiger partial charge < -0.3 is 4.74 Å². The van der Waals surface area contributed by atoms with Crippen LogP contribution >= 0.6 is 22.6 Å². The maximum atomic E-state index is 5.65. The molecule has 0 saturated heterocycles. The molecule has 0 bridgehead atoms. The van der Waals surface area contributed by atoms with E-state index in [4.69, 9.17) is 10.6 Å². The zero-order chi connectivity index (χ0) is 13.0. The SMILES string of the molecule is COc1cccnc1C(NN)c1ccc(I)cc1. The normalized spacial score (nSPS) is 12.2. The number of halogens is 1. The Morgan fingerprint density at radius 2 is 2.00 bits per heavy atom. The Kier molecular flexibility index (Phi) is 4.51. The van der Waals surface area contributed by atoms with Gasteiger partial charge in [0.1, 0.15) is 11.4 Å². The number of ether oxygens (including phenoxy) is 1. The van der Waals surface area contributed by atoms with Gasteiger partial charge in [-0.25, -0.2) is 5.43 Å². The number of rotatable bonds is 4. The minimum absolute atomic E-state index is 0.182. The van der Waals surface area contributed by atoms with Crippen molar-refractivity contribution < 1.29 is 4.74 Å². The average Bonchev–Trinajstić information content (AvgIpc) is 2.42. The highest BCUT2D eigenvalue weighted by Crippen LogP contribution is 2.27. The van der Waals surface area contributed by atoms with Crippen LogP contribution in [0.25, 0.3) is 0 Å². The van der Waals surface area contributed by atoms with Gasteiger partial charge in [0.25, 0.3) is 0 Å². The van der Waals surface area contributed by atoms with E-state index in [0.717, 1.165) is 17.0 Å². The topological polar surface area (TPSA) is 60.2 Å². The van der Waals surface area contributed by atoms with Crippen LogP contribution < -0.4 is 16.0 Å². The molecule has 2 rings (SSSR count). The van der Waals surface area contributed by atoms with Gasteiger partial charge in [-0.2, -0.15) is 0 Å². The molecule has 1 heterocycles. The molecule has 18 heavy (non-hydrogen) atoms. The Bertz CT molecular complexity index is 516. The molecule has 0 fully saturated rings. The van der Waals surface area contributed by atoms with Gasteiger partial charge in [-0.15, -0.1) is 0 Å². The third-order valence-electron chi connectivity index (χ3n) is 2.66. The Labute approximate surface area is 120 Å². The van der Waals surface area contributed by atoms with E-state index in [1.807, 2.05) is 36.4 Å². The summed E-state index contributed by atoms with van der Waals surface area (Å²) < 4.78 is 6.49. The fourth-order valence-electron chi connectivity index (χ4n) is 1.78. The van der Waals surface area contributed by atoms with Crippen molar-refractivity contribution >= 4 is 22.6 Å². The summed E-state index contributed by atoms with van der Waals surface area (Å²) >= 11 is 2.27. The molecule has 1 aromatic carbocycles. The Balaban J connectivity index is 2.41. The fraction of sp³-hybridized carbons (Fsp3) is 0.154. The molecule has 0 amide bonds. The van der Waals surface area contributed by atoms with E-state index in [1.165, 1.54) is 3.57 Å². The monoisotopic (exact) mass is 355 g/mol. The summed E-state index contributed by atoms with van der Waals surface area (Å²) in [5.41, 5.74) is 4.62. The van der Waals surface area contributed by atoms with Crippen molar-refractivity contribution in [1.29, 1.82) is 0 Å². The molecule has 1 unspecified atom stereocenters. The third kappa shape index (κ3) is 2.80. The second kappa shape index (κ2) is 6.12. The first-order chi connectivity index (χ1) is 8.76. The van der Waals surface area contributed by atoms with Crippen LogP contribution in [-0.4, -0.2) is 12.1 Å². The molecule has 1 aromatic heterocycles. The molecule has 1 atom stereocenters. The van der Waals surface area contributed by atoms with Crippen molar-refractivity contribution in [2.45, 2.75) is 6.04 Å². The number of benzene rings is 1. The average molecular weight is 355 g/mol. The molecule has 0 aliphatic carbocycles. The Morgan fingerprint density at radius 1 is 1.28 bits per heavy atom. The van der Waals surface area contributed by atoms with Crippen molar-refractivity contribution in [2.75, 3.05) is 7.11 Å². The van der Waals surface area contributed by atoms with Gasteiger partial charge in [0.15, 0.2) is 0 Å². The lowest BCUT2D eigenvalue weighted by Crippen LogP contribution is -2.29. The zero-order valence-electron chi connectivity index (χ0n) is 9.93. The van der Waals surface area contributed by atoms with E-state index >= 15 is 0 Å². The van der Waals surface area contributed by atoms with Crippen molar-refractivity contribution in [3.8, 4) is 5.75 Å². The molecular weight excluding hydrogens is 341 g/mol. The summed E-state index contributed by atoms with van der Waals surface area (Å²) in [6.45, 7) is 0. The van der Waals surface area contributed by atoms with E-state index < -0.39 is 0 Å². The molecular formula is C13H14IN3O. The van der Waals surface area contributed by atoms with E-state index in [-0.39, 0.29) is 6.04 Å². The summed E-state index contributed by atoms with van der Waals surface area (Å²) in [6, 6.07) is 11.7. The standard InChI is InChI=1S/C13H14IN3O/c1-18-11-3-2-8-16-13(11)12(17-15)9-4-6-10(14)7-5-9/h2-8,12,17H,15H2,1H3. The molecule has 0 saturated carbocycles. The van der Waals surface area contributed by atoms with E-state index in [1.54, 1.807) is 13.3 Å². The lowest BCUT2D eigenvalue weighted by atomic mass is 10.0. The van der Waals surface area contributed by atoms with Crippen molar-refractivity contribution in [3.05, 3.63) is 57.4 Å². The number of pyridine rings is 1. The highest BCUT2D eigenvalue weighted by Gasteiger charge is 2.17. The summed E-state index contributed by atoms with van der Waals surface area (Å²) in [7, 11) is 1.63. The first-order valence-corrected chi connectivity index (χ1v) is 6.54. The summed E-state index contributed by atoms with van der Waals surface area (Å²) in [6.07, 6.45) is 1.73. The quantitative estimate of drug-likeness (QED) is 0.502. The third-order valence-corrected chi connectivity index (χ3v) is 3.38. The van der Waals surface area contributed by atoms with Crippen LogP contribution in [0.15, 0.2) is 42.6 Å². The Hall–Kier alpha value is -1.18. The number of hydrazine groups is 1. The highest BCUT2D eigenvalue weighted by atomic mass is 127. The minimum atomic E-state index is -0.182. The van der Waals surface area contributed by atoms with Gasteiger partial charge in [0.2, 0.25) is 0 Å². The van der Waals surface area contributed by atoms with Crippen molar-refractivity contribution in [1.82, 2.24) is 10.4 Å². The minimum Gasteiger partial charge on any atom is -0.495 e. The van der Waals surface area contributed by atoms with Gasteiger partial charge in [-0.1, -0.05) is 12.1 Å². The molecule has 3 N–H and O–H groups in total. The van der Waals surface area contributed by atoms with Crippen LogP contribution in [-0.2, 0) is 0 Å². The van der Waals surface area contributed by atoms with Gasteiger partial charge in [0.05, 0.1) is 13.2 Å². The molecule has 0 radical (unpaired) electrons. The number of nitrogens with two attached hydrogens (primary N) is 1. The summed E-state index contributed by atoms with van der Waals surface area (Å²) in [5, 5.41) is 0. The van der Waals surface area contributed by atoms with Gasteiger partial charge in [-0.3, -0.25) is 10.8 Å². The fourth-order valence-corrected chi connectivity index (χ4v) is 2.14.